The van der Waals surface area contributed by atoms with E-state index in [0.717, 1.165) is 0 Å². The van der Waals surface area contributed by atoms with Crippen LogP contribution in [0.2, 0.25) is 0 Å². The van der Waals surface area contributed by atoms with Gasteiger partial charge in [0.05, 0.1) is 11.6 Å². The van der Waals surface area contributed by atoms with Crippen molar-refractivity contribution in [2.24, 2.45) is 0 Å². The summed E-state index contributed by atoms with van der Waals surface area (Å²) in [5.41, 5.74) is -1.85. The SMILES string of the molecule is CCC(CC)(OOC(C)(C)C)C(=O)[O-]. The zero-order chi connectivity index (χ0) is 11.4. The van der Waals surface area contributed by atoms with Crippen molar-refractivity contribution in [2.75, 3.05) is 0 Å². The van der Waals surface area contributed by atoms with Gasteiger partial charge >= 0.3 is 0 Å². The lowest BCUT2D eigenvalue weighted by Gasteiger charge is -2.33. The van der Waals surface area contributed by atoms with E-state index in [2.05, 4.69) is 0 Å². The molecule has 4 heteroatoms. The maximum Gasteiger partial charge on any atom is 0.142 e. The highest BCUT2D eigenvalue weighted by atomic mass is 17.2. The number of hydrogen-bond acceptors (Lipinski definition) is 4. The van der Waals surface area contributed by atoms with Crippen LogP contribution in [-0.2, 0) is 14.6 Å². The maximum atomic E-state index is 10.9. The predicted octanol–water partition coefficient (Wildman–Crippen LogP) is 1.04. The molecule has 84 valence electrons. The van der Waals surface area contributed by atoms with E-state index in [1.54, 1.807) is 34.6 Å². The first-order valence-electron chi connectivity index (χ1n) is 4.85. The van der Waals surface area contributed by atoms with Crippen LogP contribution in [0.4, 0.5) is 0 Å². The van der Waals surface area contributed by atoms with Gasteiger partial charge in [0, 0.05) is 0 Å². The Morgan fingerprint density at radius 2 is 1.57 bits per heavy atom. The minimum Gasteiger partial charge on any atom is -0.547 e. The lowest BCUT2D eigenvalue weighted by molar-refractivity contribution is -0.421. The molecule has 0 unspecified atom stereocenters. The van der Waals surface area contributed by atoms with Crippen LogP contribution < -0.4 is 5.11 Å². The Hall–Kier alpha value is -0.610. The Balaban J connectivity index is 4.45. The molecule has 0 atom stereocenters. The molecule has 0 aromatic carbocycles. The summed E-state index contributed by atoms with van der Waals surface area (Å²) in [5, 5.41) is 10.9. The topological polar surface area (TPSA) is 58.6 Å². The van der Waals surface area contributed by atoms with Crippen LogP contribution in [0.3, 0.4) is 0 Å². The van der Waals surface area contributed by atoms with Gasteiger partial charge in [-0.15, -0.1) is 0 Å². The van der Waals surface area contributed by atoms with Gasteiger partial charge in [0.2, 0.25) is 0 Å². The van der Waals surface area contributed by atoms with E-state index < -0.39 is 17.2 Å². The Morgan fingerprint density at radius 1 is 1.14 bits per heavy atom. The molecule has 0 rings (SSSR count). The van der Waals surface area contributed by atoms with Gasteiger partial charge in [-0.3, -0.25) is 0 Å². The standard InChI is InChI=1S/C10H20O4/c1-6-10(7-2,8(11)12)14-13-9(3,4)5/h6-7H2,1-5H3,(H,11,12)/p-1. The summed E-state index contributed by atoms with van der Waals surface area (Å²) in [6.07, 6.45) is 0.643. The fourth-order valence-electron chi connectivity index (χ4n) is 0.895. The van der Waals surface area contributed by atoms with E-state index in [-0.39, 0.29) is 0 Å². The first-order valence-corrected chi connectivity index (χ1v) is 4.85. The molecule has 0 heterocycles. The van der Waals surface area contributed by atoms with Crippen molar-refractivity contribution in [3.8, 4) is 0 Å². The van der Waals surface area contributed by atoms with Crippen LogP contribution in [0.5, 0.6) is 0 Å². The smallest absolute Gasteiger partial charge is 0.142 e. The van der Waals surface area contributed by atoms with Crippen molar-refractivity contribution in [3.63, 3.8) is 0 Å². The summed E-state index contributed by atoms with van der Waals surface area (Å²) in [6, 6.07) is 0. The van der Waals surface area contributed by atoms with Crippen molar-refractivity contribution in [3.05, 3.63) is 0 Å². The highest BCUT2D eigenvalue weighted by Gasteiger charge is 2.32. The first-order chi connectivity index (χ1) is 6.27. The highest BCUT2D eigenvalue weighted by molar-refractivity contribution is 5.75. The predicted molar refractivity (Wildman–Crippen MR) is 50.2 cm³/mol. The van der Waals surface area contributed by atoms with E-state index in [1.165, 1.54) is 0 Å². The second kappa shape index (κ2) is 4.75. The van der Waals surface area contributed by atoms with Crippen molar-refractivity contribution < 1.29 is 19.7 Å². The molecule has 0 fully saturated rings. The van der Waals surface area contributed by atoms with Crippen molar-refractivity contribution in [1.29, 1.82) is 0 Å². The number of hydrogen-bond donors (Lipinski definition) is 0. The van der Waals surface area contributed by atoms with Gasteiger partial charge in [0.1, 0.15) is 5.60 Å². The molecular weight excluding hydrogens is 184 g/mol. The maximum absolute atomic E-state index is 10.9. The minimum atomic E-state index is -1.33. The fourth-order valence-corrected chi connectivity index (χ4v) is 0.895. The number of carbonyl (C=O) groups is 1. The Morgan fingerprint density at radius 3 is 1.79 bits per heavy atom. The summed E-state index contributed by atoms with van der Waals surface area (Å²) >= 11 is 0. The van der Waals surface area contributed by atoms with Gasteiger partial charge in [-0.05, 0) is 33.6 Å². The van der Waals surface area contributed by atoms with Crippen LogP contribution in [0.1, 0.15) is 47.5 Å². The molecule has 0 saturated heterocycles. The van der Waals surface area contributed by atoms with Crippen LogP contribution in [0.15, 0.2) is 0 Å². The van der Waals surface area contributed by atoms with Crippen LogP contribution in [0, 0.1) is 0 Å². The number of rotatable bonds is 5. The number of carboxylic acid groups (broad SMARTS) is 1. The number of aliphatic carboxylic acids is 1. The fraction of sp³-hybridized carbons (Fsp3) is 0.900. The zero-order valence-corrected chi connectivity index (χ0v) is 9.55. The Kier molecular flexibility index (Phi) is 4.55. The van der Waals surface area contributed by atoms with Gasteiger partial charge < -0.3 is 9.90 Å². The van der Waals surface area contributed by atoms with Crippen molar-refractivity contribution in [2.45, 2.75) is 58.7 Å². The second-order valence-electron chi connectivity index (χ2n) is 4.27. The van der Waals surface area contributed by atoms with Gasteiger partial charge in [0.25, 0.3) is 0 Å². The van der Waals surface area contributed by atoms with Crippen LogP contribution in [0.25, 0.3) is 0 Å². The lowest BCUT2D eigenvalue weighted by atomic mass is 9.98. The van der Waals surface area contributed by atoms with E-state index >= 15 is 0 Å². The first kappa shape index (κ1) is 13.4. The van der Waals surface area contributed by atoms with Gasteiger partial charge in [0.15, 0.2) is 0 Å². The molecule has 4 nitrogen and oxygen atoms in total. The minimum absolute atomic E-state index is 0.321. The van der Waals surface area contributed by atoms with Gasteiger partial charge in [-0.1, -0.05) is 13.8 Å². The Bertz CT molecular complexity index is 189. The molecule has 0 aromatic rings. The largest absolute Gasteiger partial charge is 0.547 e. The quantitative estimate of drug-likeness (QED) is 0.495. The van der Waals surface area contributed by atoms with Crippen LogP contribution >= 0.6 is 0 Å². The molecular formula is C10H19O4-. The molecule has 0 aliphatic rings. The molecule has 0 radical (unpaired) electrons. The number of carboxylic acids is 1. The molecule has 0 aromatic heterocycles. The summed E-state index contributed by atoms with van der Waals surface area (Å²) in [7, 11) is 0. The molecule has 0 aliphatic carbocycles. The van der Waals surface area contributed by atoms with Crippen molar-refractivity contribution >= 4 is 5.97 Å². The average molecular weight is 203 g/mol. The third-order valence-corrected chi connectivity index (χ3v) is 1.97. The second-order valence-corrected chi connectivity index (χ2v) is 4.27. The summed E-state index contributed by atoms with van der Waals surface area (Å²) in [4.78, 5) is 20.9. The third kappa shape index (κ3) is 3.64. The highest BCUT2D eigenvalue weighted by Crippen LogP contribution is 2.23. The normalized spacial score (nSPS) is 12.9. The Labute approximate surface area is 85.1 Å². The third-order valence-electron chi connectivity index (χ3n) is 1.97. The monoisotopic (exact) mass is 203 g/mol. The van der Waals surface area contributed by atoms with E-state index in [4.69, 9.17) is 9.78 Å². The zero-order valence-electron chi connectivity index (χ0n) is 9.55. The van der Waals surface area contributed by atoms with Crippen molar-refractivity contribution in [1.82, 2.24) is 0 Å². The van der Waals surface area contributed by atoms with E-state index in [0.29, 0.717) is 12.8 Å². The molecule has 0 bridgehead atoms. The van der Waals surface area contributed by atoms with Gasteiger partial charge in [-0.2, -0.15) is 0 Å². The summed E-state index contributed by atoms with van der Waals surface area (Å²) < 4.78 is 0. The molecule has 0 N–H and O–H groups in total. The average Bonchev–Trinajstić information content (AvgIpc) is 2.04. The summed E-state index contributed by atoms with van der Waals surface area (Å²) in [5.74, 6) is -1.23. The van der Waals surface area contributed by atoms with E-state index in [1.807, 2.05) is 0 Å². The summed E-state index contributed by atoms with van der Waals surface area (Å²) in [6.45, 7) is 8.83. The molecule has 14 heavy (non-hydrogen) atoms. The van der Waals surface area contributed by atoms with Gasteiger partial charge in [-0.25, -0.2) is 9.78 Å². The lowest BCUT2D eigenvalue weighted by Crippen LogP contribution is -2.50. The number of carbonyl (C=O) groups excluding carboxylic acids is 1. The molecule has 0 saturated carbocycles. The van der Waals surface area contributed by atoms with Crippen LogP contribution in [-0.4, -0.2) is 17.2 Å². The van der Waals surface area contributed by atoms with E-state index in [9.17, 15) is 9.90 Å². The molecule has 0 aliphatic heterocycles. The molecule has 0 amide bonds. The molecule has 0 spiro atoms.